The minimum absolute atomic E-state index is 0.157. The van der Waals surface area contributed by atoms with E-state index in [-0.39, 0.29) is 5.02 Å². The van der Waals surface area contributed by atoms with E-state index in [4.69, 9.17) is 23.2 Å². The maximum atomic E-state index is 13.0. The van der Waals surface area contributed by atoms with Gasteiger partial charge in [0.05, 0.1) is 6.04 Å². The first kappa shape index (κ1) is 17.0. The highest BCUT2D eigenvalue weighted by atomic mass is 35.5. The number of rotatable bonds is 4. The normalized spacial score (nSPS) is 13.4. The molecule has 8 heteroatoms. The lowest BCUT2D eigenvalue weighted by molar-refractivity contribution is -0.181. The van der Waals surface area contributed by atoms with Gasteiger partial charge in [0.2, 0.25) is 0 Å². The smallest absolute Gasteiger partial charge is 0.334 e. The molecule has 0 saturated heterocycles. The number of hydrogen-bond donors (Lipinski definition) is 0. The number of amides is 1. The van der Waals surface area contributed by atoms with Gasteiger partial charge in [-0.05, 0) is 24.6 Å². The van der Waals surface area contributed by atoms with Crippen LogP contribution in [0.3, 0.4) is 0 Å². The maximum absolute atomic E-state index is 13.0. The minimum atomic E-state index is -4.73. The Morgan fingerprint density at radius 3 is 2.30 bits per heavy atom. The fourth-order valence-electron chi connectivity index (χ4n) is 1.55. The topological polar surface area (TPSA) is 20.3 Å². The average molecular weight is 332 g/mol. The third kappa shape index (κ3) is 3.35. The number of nitrogens with zero attached hydrogens (tertiary/aromatic N) is 1. The van der Waals surface area contributed by atoms with Crippen LogP contribution in [0.15, 0.2) is 18.2 Å². The molecule has 0 aliphatic rings. The summed E-state index contributed by atoms with van der Waals surface area (Å²) in [6.45, 7) is 1.40. The maximum Gasteiger partial charge on any atom is 0.383 e. The molecule has 1 rings (SSSR count). The highest BCUT2D eigenvalue weighted by molar-refractivity contribution is 6.35. The van der Waals surface area contributed by atoms with Crippen LogP contribution in [0.25, 0.3) is 0 Å². The molecule has 1 atom stereocenters. The van der Waals surface area contributed by atoms with Crippen molar-refractivity contribution < 1.29 is 22.4 Å². The molecule has 0 aliphatic heterocycles. The molecule has 1 aromatic rings. The molecule has 0 heterocycles. The molecular formula is C12H11Cl2F4NO. The first-order valence-electron chi connectivity index (χ1n) is 5.47. The fraction of sp³-hybridized carbons (Fsp3) is 0.417. The number of carbonyl (C=O) groups excluding carboxylic acids is 1. The molecule has 0 bridgehead atoms. The van der Waals surface area contributed by atoms with Gasteiger partial charge in [-0.3, -0.25) is 4.79 Å². The monoisotopic (exact) mass is 331 g/mol. The Morgan fingerprint density at radius 1 is 1.30 bits per heavy atom. The molecule has 20 heavy (non-hydrogen) atoms. The number of carbonyl (C=O) groups is 1. The van der Waals surface area contributed by atoms with Crippen molar-refractivity contribution in [3.63, 3.8) is 0 Å². The highest BCUT2D eigenvalue weighted by Gasteiger charge is 2.51. The van der Waals surface area contributed by atoms with Crippen molar-refractivity contribution in [3.05, 3.63) is 33.8 Å². The van der Waals surface area contributed by atoms with Gasteiger partial charge in [0, 0.05) is 17.1 Å². The Morgan fingerprint density at radius 2 is 1.85 bits per heavy atom. The van der Waals surface area contributed by atoms with Crippen LogP contribution >= 0.6 is 23.2 Å². The lowest BCUT2D eigenvalue weighted by atomic mass is 10.1. The summed E-state index contributed by atoms with van der Waals surface area (Å²) in [6.07, 6.45) is -4.06. The predicted molar refractivity (Wildman–Crippen MR) is 68.6 cm³/mol. The van der Waals surface area contributed by atoms with Gasteiger partial charge in [0.1, 0.15) is 0 Å². The molecule has 1 amide bonds. The van der Waals surface area contributed by atoms with E-state index >= 15 is 0 Å². The van der Waals surface area contributed by atoms with Crippen LogP contribution in [-0.4, -0.2) is 30.2 Å². The van der Waals surface area contributed by atoms with Gasteiger partial charge in [-0.1, -0.05) is 29.3 Å². The van der Waals surface area contributed by atoms with Crippen molar-refractivity contribution in [2.24, 2.45) is 0 Å². The van der Waals surface area contributed by atoms with E-state index in [0.29, 0.717) is 15.5 Å². The lowest BCUT2D eigenvalue weighted by Crippen LogP contribution is -2.46. The van der Waals surface area contributed by atoms with E-state index in [0.717, 1.165) is 7.05 Å². The zero-order chi connectivity index (χ0) is 15.7. The summed E-state index contributed by atoms with van der Waals surface area (Å²) in [4.78, 5) is 12.0. The number of halogens is 6. The third-order valence-corrected chi connectivity index (χ3v) is 3.44. The molecule has 1 unspecified atom stereocenters. The number of benzene rings is 1. The molecule has 0 aliphatic carbocycles. The van der Waals surface area contributed by atoms with Crippen LogP contribution < -0.4 is 0 Å². The quantitative estimate of drug-likeness (QED) is 0.748. The molecule has 0 spiro atoms. The van der Waals surface area contributed by atoms with Gasteiger partial charge in [-0.25, -0.2) is 8.78 Å². The van der Waals surface area contributed by atoms with Crippen molar-refractivity contribution in [1.29, 1.82) is 0 Å². The molecule has 0 radical (unpaired) electrons. The summed E-state index contributed by atoms with van der Waals surface area (Å²) in [7, 11) is 1.01. The van der Waals surface area contributed by atoms with Crippen LogP contribution in [0.1, 0.15) is 18.5 Å². The minimum Gasteiger partial charge on any atom is -0.334 e. The average Bonchev–Trinajstić information content (AvgIpc) is 2.36. The zero-order valence-corrected chi connectivity index (χ0v) is 12.0. The van der Waals surface area contributed by atoms with E-state index in [1.54, 1.807) is 0 Å². The van der Waals surface area contributed by atoms with E-state index in [1.165, 1.54) is 25.1 Å². The van der Waals surface area contributed by atoms with E-state index < -0.39 is 24.3 Å². The summed E-state index contributed by atoms with van der Waals surface area (Å²) in [6, 6.07) is 3.37. The Labute approximate surface area is 123 Å². The molecule has 0 fully saturated rings. The van der Waals surface area contributed by atoms with Crippen LogP contribution in [0.2, 0.25) is 10.0 Å². The van der Waals surface area contributed by atoms with Gasteiger partial charge in [0.25, 0.3) is 5.91 Å². The van der Waals surface area contributed by atoms with Gasteiger partial charge < -0.3 is 4.90 Å². The first-order chi connectivity index (χ1) is 9.09. The highest BCUT2D eigenvalue weighted by Crippen LogP contribution is 2.32. The van der Waals surface area contributed by atoms with Crippen molar-refractivity contribution in [1.82, 2.24) is 4.90 Å². The second-order valence-electron chi connectivity index (χ2n) is 4.18. The van der Waals surface area contributed by atoms with E-state index in [1.807, 2.05) is 0 Å². The molecule has 0 aromatic heterocycles. The van der Waals surface area contributed by atoms with Crippen LogP contribution in [0.5, 0.6) is 0 Å². The third-order valence-electron chi connectivity index (χ3n) is 2.87. The van der Waals surface area contributed by atoms with Crippen LogP contribution in [-0.2, 0) is 4.79 Å². The fourth-order valence-corrected chi connectivity index (χ4v) is 2.12. The van der Waals surface area contributed by atoms with Gasteiger partial charge >= 0.3 is 12.3 Å². The lowest BCUT2D eigenvalue weighted by Gasteiger charge is -2.29. The Bertz CT molecular complexity index is 510. The van der Waals surface area contributed by atoms with Gasteiger partial charge in [0.15, 0.2) is 0 Å². The molecule has 0 N–H and O–H groups in total. The Kier molecular flexibility index (Phi) is 5.27. The zero-order valence-electron chi connectivity index (χ0n) is 10.5. The second kappa shape index (κ2) is 6.18. The Hall–Kier alpha value is -1.01. The van der Waals surface area contributed by atoms with Gasteiger partial charge in [-0.2, -0.15) is 8.78 Å². The number of hydrogen-bond acceptors (Lipinski definition) is 1. The predicted octanol–water partition coefficient (Wildman–Crippen LogP) is 4.41. The molecule has 0 saturated carbocycles. The molecule has 2 nitrogen and oxygen atoms in total. The van der Waals surface area contributed by atoms with E-state index in [2.05, 4.69) is 0 Å². The molecule has 1 aromatic carbocycles. The van der Waals surface area contributed by atoms with Crippen molar-refractivity contribution >= 4 is 29.1 Å². The largest absolute Gasteiger partial charge is 0.383 e. The SMILES string of the molecule is CC(c1ccc(Cl)cc1Cl)N(C)C(=O)C(F)(F)C(F)F. The standard InChI is InChI=1S/C12H11Cl2F4NO/c1-6(8-4-3-7(13)5-9(8)14)19(2)11(20)12(17,18)10(15)16/h3-6,10H,1-2H3. The van der Waals surface area contributed by atoms with Crippen LogP contribution in [0.4, 0.5) is 17.6 Å². The first-order valence-corrected chi connectivity index (χ1v) is 6.22. The van der Waals surface area contributed by atoms with Crippen molar-refractivity contribution in [2.75, 3.05) is 7.05 Å². The summed E-state index contributed by atoms with van der Waals surface area (Å²) in [5, 5.41) is 0.489. The van der Waals surface area contributed by atoms with Crippen LogP contribution in [0, 0.1) is 0 Å². The summed E-state index contributed by atoms with van der Waals surface area (Å²) in [5.74, 6) is -6.70. The number of alkyl halides is 4. The summed E-state index contributed by atoms with van der Waals surface area (Å²) >= 11 is 11.6. The summed E-state index contributed by atoms with van der Waals surface area (Å²) in [5.41, 5.74) is 0.331. The second-order valence-corrected chi connectivity index (χ2v) is 5.03. The molecule has 112 valence electrons. The van der Waals surface area contributed by atoms with E-state index in [9.17, 15) is 22.4 Å². The summed E-state index contributed by atoms with van der Waals surface area (Å²) < 4.78 is 50.4. The van der Waals surface area contributed by atoms with Gasteiger partial charge in [-0.15, -0.1) is 0 Å². The Balaban J connectivity index is 3.02. The van der Waals surface area contributed by atoms with Crippen molar-refractivity contribution in [3.8, 4) is 0 Å². The molecular weight excluding hydrogens is 321 g/mol. The van der Waals surface area contributed by atoms with Crippen molar-refractivity contribution in [2.45, 2.75) is 25.3 Å².